The van der Waals surface area contributed by atoms with Gasteiger partial charge in [0, 0.05) is 28.8 Å². The molecule has 21 heavy (non-hydrogen) atoms. The Bertz CT molecular complexity index is 640. The fraction of sp³-hybridized carbons (Fsp3) is 0.235. The van der Waals surface area contributed by atoms with Crippen LogP contribution in [0.4, 0.5) is 5.69 Å². The minimum atomic E-state index is -0.0297. The van der Waals surface area contributed by atoms with Gasteiger partial charge in [-0.2, -0.15) is 0 Å². The summed E-state index contributed by atoms with van der Waals surface area (Å²) < 4.78 is 1.09. The van der Waals surface area contributed by atoms with Gasteiger partial charge in [0.05, 0.1) is 0 Å². The van der Waals surface area contributed by atoms with Crippen LogP contribution in [0.3, 0.4) is 0 Å². The molecule has 0 fully saturated rings. The molecule has 0 aliphatic heterocycles. The molecular weight excluding hydrogens is 328 g/mol. The number of benzene rings is 2. The molecule has 0 aliphatic carbocycles. The smallest absolute Gasteiger partial charge is 0.251 e. The Hall–Kier alpha value is -1.81. The lowest BCUT2D eigenvalue weighted by Crippen LogP contribution is -2.22. The molecule has 0 radical (unpaired) electrons. The molecule has 1 amide bonds. The molecule has 4 heteroatoms. The van der Waals surface area contributed by atoms with Crippen LogP contribution in [0.2, 0.25) is 0 Å². The molecule has 0 saturated carbocycles. The van der Waals surface area contributed by atoms with Crippen LogP contribution in [0.5, 0.6) is 0 Å². The molecule has 3 nitrogen and oxygen atoms in total. The number of rotatable bonds is 5. The molecule has 2 rings (SSSR count). The van der Waals surface area contributed by atoms with Gasteiger partial charge in [-0.25, -0.2) is 0 Å². The van der Waals surface area contributed by atoms with Gasteiger partial charge in [-0.1, -0.05) is 34.1 Å². The van der Waals surface area contributed by atoms with Crippen molar-refractivity contribution in [2.45, 2.75) is 20.4 Å². The molecule has 0 spiro atoms. The fourth-order valence-corrected chi connectivity index (χ4v) is 2.52. The second-order valence-corrected chi connectivity index (χ2v) is 5.69. The minimum Gasteiger partial charge on any atom is -0.381 e. The standard InChI is InChI=1S/C17H19BrN2O/c1-3-19-17(21)13-8-9-16(12(2)10-13)20-11-14-6-4-5-7-15(14)18/h4-10,20H,3,11H2,1-2H3,(H,19,21). The number of aryl methyl sites for hydroxylation is 1. The SMILES string of the molecule is CCNC(=O)c1ccc(NCc2ccccc2Br)c(C)c1. The lowest BCUT2D eigenvalue weighted by atomic mass is 10.1. The normalized spacial score (nSPS) is 10.2. The molecule has 0 unspecified atom stereocenters. The second-order valence-electron chi connectivity index (χ2n) is 4.83. The van der Waals surface area contributed by atoms with Gasteiger partial charge in [0.2, 0.25) is 0 Å². The van der Waals surface area contributed by atoms with Crippen LogP contribution in [0.25, 0.3) is 0 Å². The number of amides is 1. The zero-order chi connectivity index (χ0) is 15.2. The van der Waals surface area contributed by atoms with Crippen LogP contribution in [-0.4, -0.2) is 12.5 Å². The molecule has 2 aromatic carbocycles. The van der Waals surface area contributed by atoms with E-state index < -0.39 is 0 Å². The van der Waals surface area contributed by atoms with Crippen LogP contribution >= 0.6 is 15.9 Å². The largest absolute Gasteiger partial charge is 0.381 e. The third-order valence-electron chi connectivity index (χ3n) is 3.25. The Balaban J connectivity index is 2.08. The van der Waals surface area contributed by atoms with Crippen molar-refractivity contribution >= 4 is 27.5 Å². The molecule has 0 heterocycles. The quantitative estimate of drug-likeness (QED) is 0.854. The molecule has 2 N–H and O–H groups in total. The molecule has 2 aromatic rings. The highest BCUT2D eigenvalue weighted by Crippen LogP contribution is 2.20. The summed E-state index contributed by atoms with van der Waals surface area (Å²) in [4.78, 5) is 11.8. The number of hydrogen-bond acceptors (Lipinski definition) is 2. The number of halogens is 1. The first-order valence-electron chi connectivity index (χ1n) is 6.98. The van der Waals surface area contributed by atoms with Crippen molar-refractivity contribution in [3.8, 4) is 0 Å². The second kappa shape index (κ2) is 7.27. The molecular formula is C17H19BrN2O. The van der Waals surface area contributed by atoms with E-state index in [1.807, 2.05) is 50.2 Å². The maximum atomic E-state index is 11.8. The van der Waals surface area contributed by atoms with Crippen LogP contribution in [0, 0.1) is 6.92 Å². The highest BCUT2D eigenvalue weighted by Gasteiger charge is 2.07. The number of hydrogen-bond donors (Lipinski definition) is 2. The Morgan fingerprint density at radius 2 is 1.95 bits per heavy atom. The highest BCUT2D eigenvalue weighted by molar-refractivity contribution is 9.10. The summed E-state index contributed by atoms with van der Waals surface area (Å²) in [5, 5.41) is 6.21. The summed E-state index contributed by atoms with van der Waals surface area (Å²) in [5.41, 5.74) is 4.00. The maximum Gasteiger partial charge on any atom is 0.251 e. The van der Waals surface area contributed by atoms with Crippen LogP contribution < -0.4 is 10.6 Å². The van der Waals surface area contributed by atoms with Crippen LogP contribution in [-0.2, 0) is 6.54 Å². The van der Waals surface area contributed by atoms with Crippen molar-refractivity contribution in [3.63, 3.8) is 0 Å². The fourth-order valence-electron chi connectivity index (χ4n) is 2.10. The van der Waals surface area contributed by atoms with Gasteiger partial charge in [-0.05, 0) is 49.2 Å². The van der Waals surface area contributed by atoms with Gasteiger partial charge < -0.3 is 10.6 Å². The van der Waals surface area contributed by atoms with E-state index in [0.717, 1.165) is 22.3 Å². The van der Waals surface area contributed by atoms with E-state index in [1.54, 1.807) is 0 Å². The predicted molar refractivity (Wildman–Crippen MR) is 90.7 cm³/mol. The number of carbonyl (C=O) groups excluding carboxylic acids is 1. The van der Waals surface area contributed by atoms with Crippen molar-refractivity contribution in [2.75, 3.05) is 11.9 Å². The van der Waals surface area contributed by atoms with Gasteiger partial charge in [0.1, 0.15) is 0 Å². The lowest BCUT2D eigenvalue weighted by molar-refractivity contribution is 0.0956. The third-order valence-corrected chi connectivity index (χ3v) is 4.03. The zero-order valence-electron chi connectivity index (χ0n) is 12.2. The van der Waals surface area contributed by atoms with Gasteiger partial charge in [0.15, 0.2) is 0 Å². The van der Waals surface area contributed by atoms with Crippen LogP contribution in [0.15, 0.2) is 46.9 Å². The molecule has 0 bridgehead atoms. The molecule has 0 aromatic heterocycles. The highest BCUT2D eigenvalue weighted by atomic mass is 79.9. The minimum absolute atomic E-state index is 0.0297. The summed E-state index contributed by atoms with van der Waals surface area (Å²) in [7, 11) is 0. The van der Waals surface area contributed by atoms with E-state index >= 15 is 0 Å². The summed E-state index contributed by atoms with van der Waals surface area (Å²) >= 11 is 3.54. The molecule has 0 atom stereocenters. The monoisotopic (exact) mass is 346 g/mol. The van der Waals surface area contributed by atoms with E-state index in [-0.39, 0.29) is 5.91 Å². The zero-order valence-corrected chi connectivity index (χ0v) is 13.8. The first-order valence-corrected chi connectivity index (χ1v) is 7.77. The Kier molecular flexibility index (Phi) is 5.39. The van der Waals surface area contributed by atoms with Gasteiger partial charge in [-0.15, -0.1) is 0 Å². The van der Waals surface area contributed by atoms with E-state index in [9.17, 15) is 4.79 Å². The summed E-state index contributed by atoms with van der Waals surface area (Å²) in [5.74, 6) is -0.0297. The average molecular weight is 347 g/mol. The van der Waals surface area contributed by atoms with E-state index in [4.69, 9.17) is 0 Å². The van der Waals surface area contributed by atoms with Crippen molar-refractivity contribution in [1.29, 1.82) is 0 Å². The van der Waals surface area contributed by atoms with Crippen molar-refractivity contribution in [1.82, 2.24) is 5.32 Å². The first-order chi connectivity index (χ1) is 10.1. The molecule has 110 valence electrons. The summed E-state index contributed by atoms with van der Waals surface area (Å²) in [6.45, 7) is 5.30. The topological polar surface area (TPSA) is 41.1 Å². The molecule has 0 aliphatic rings. The van der Waals surface area contributed by atoms with Gasteiger partial charge in [-0.3, -0.25) is 4.79 Å². The van der Waals surface area contributed by atoms with Gasteiger partial charge in [0.25, 0.3) is 5.91 Å². The summed E-state index contributed by atoms with van der Waals surface area (Å²) in [6, 6.07) is 13.8. The number of nitrogens with one attached hydrogen (secondary N) is 2. The Morgan fingerprint density at radius 3 is 2.62 bits per heavy atom. The lowest BCUT2D eigenvalue weighted by Gasteiger charge is -2.12. The average Bonchev–Trinajstić information content (AvgIpc) is 2.47. The number of carbonyl (C=O) groups is 1. The Labute approximate surface area is 133 Å². The molecule has 0 saturated heterocycles. The third kappa shape index (κ3) is 4.08. The van der Waals surface area contributed by atoms with Crippen molar-refractivity contribution in [3.05, 3.63) is 63.6 Å². The Morgan fingerprint density at radius 1 is 1.19 bits per heavy atom. The van der Waals surface area contributed by atoms with Gasteiger partial charge >= 0.3 is 0 Å². The van der Waals surface area contributed by atoms with Crippen molar-refractivity contribution < 1.29 is 4.79 Å². The van der Waals surface area contributed by atoms with Crippen LogP contribution in [0.1, 0.15) is 28.4 Å². The van der Waals surface area contributed by atoms with Crippen molar-refractivity contribution in [2.24, 2.45) is 0 Å². The van der Waals surface area contributed by atoms with E-state index in [2.05, 4.69) is 32.6 Å². The first kappa shape index (κ1) is 15.6. The maximum absolute atomic E-state index is 11.8. The number of anilines is 1. The summed E-state index contributed by atoms with van der Waals surface area (Å²) in [6.07, 6.45) is 0. The van der Waals surface area contributed by atoms with E-state index in [1.165, 1.54) is 5.56 Å². The van der Waals surface area contributed by atoms with E-state index in [0.29, 0.717) is 12.1 Å². The predicted octanol–water partition coefficient (Wildman–Crippen LogP) is 4.12.